The Morgan fingerprint density at radius 1 is 0.955 bits per heavy atom. The molecule has 0 atom stereocenters. The first-order valence-corrected chi connectivity index (χ1v) is 6.36. The number of nitrogens with one attached hydrogen (secondary N) is 2. The zero-order valence-corrected chi connectivity index (χ0v) is 11.2. The fourth-order valence-corrected chi connectivity index (χ4v) is 2.11. The lowest BCUT2D eigenvalue weighted by atomic mass is 10.1. The van der Waals surface area contributed by atoms with Crippen LogP contribution in [0.2, 0.25) is 0 Å². The summed E-state index contributed by atoms with van der Waals surface area (Å²) >= 11 is 0. The number of aliphatic imine (C=N–C) groups is 1. The maximum Gasteiger partial charge on any atom is 0.272 e. The van der Waals surface area contributed by atoms with Gasteiger partial charge in [-0.2, -0.15) is 0 Å². The number of benzene rings is 2. The maximum atomic E-state index is 11.9. The number of H-pyrrole nitrogens is 2. The van der Waals surface area contributed by atoms with Crippen molar-refractivity contribution in [2.75, 3.05) is 0 Å². The van der Waals surface area contributed by atoms with E-state index in [1.54, 1.807) is 24.3 Å². The molecule has 110 valence electrons. The number of aromatic nitrogens is 2. The highest BCUT2D eigenvalue weighted by molar-refractivity contribution is 5.95. The van der Waals surface area contributed by atoms with E-state index in [0.717, 1.165) is 0 Å². The highest BCUT2D eigenvalue weighted by Gasteiger charge is 2.08. The van der Waals surface area contributed by atoms with Gasteiger partial charge in [0.1, 0.15) is 0 Å². The molecule has 22 heavy (non-hydrogen) atoms. The van der Waals surface area contributed by atoms with Gasteiger partial charge in [-0.25, -0.2) is 0 Å². The van der Waals surface area contributed by atoms with Gasteiger partial charge in [0.2, 0.25) is 0 Å². The average Bonchev–Trinajstić information content (AvgIpc) is 2.52. The number of para-hydroxylation sites is 1. The Morgan fingerprint density at radius 3 is 2.50 bits per heavy atom. The molecule has 0 aliphatic carbocycles. The lowest BCUT2D eigenvalue weighted by molar-refractivity contribution is 0.403. The van der Waals surface area contributed by atoms with E-state index in [4.69, 9.17) is 0 Å². The number of aromatic hydroxyl groups is 2. The molecule has 0 saturated heterocycles. The third kappa shape index (κ3) is 2.24. The Labute approximate surface area is 123 Å². The van der Waals surface area contributed by atoms with E-state index >= 15 is 0 Å². The Morgan fingerprint density at radius 2 is 1.68 bits per heavy atom. The van der Waals surface area contributed by atoms with Crippen LogP contribution in [0.5, 0.6) is 11.5 Å². The molecule has 0 radical (unpaired) electrons. The third-order valence-electron chi connectivity index (χ3n) is 3.19. The van der Waals surface area contributed by atoms with Crippen molar-refractivity contribution in [2.45, 2.75) is 0 Å². The second-order valence-electron chi connectivity index (χ2n) is 4.58. The number of hydrogen-bond acceptors (Lipinski definition) is 5. The molecule has 4 N–H and O–H groups in total. The van der Waals surface area contributed by atoms with E-state index in [-0.39, 0.29) is 28.0 Å². The SMILES string of the molecule is O=c1[nH][nH]c(=O)c2c(N=Cc3cccc(O)c3O)cccc12. The zero-order chi connectivity index (χ0) is 15.7. The minimum absolute atomic E-state index is 0.155. The number of aromatic amines is 2. The molecule has 0 bridgehead atoms. The van der Waals surface area contributed by atoms with Crippen LogP contribution in [0.15, 0.2) is 51.0 Å². The first kappa shape index (κ1) is 13.6. The van der Waals surface area contributed by atoms with Crippen molar-refractivity contribution in [1.29, 1.82) is 0 Å². The standard InChI is InChI=1S/C15H11N3O4/c19-11-6-1-3-8(13(11)20)7-16-10-5-2-4-9-12(10)15(22)18-17-14(9)21/h1-7,19-20H,(H,17,21)(H,18,22). The molecule has 0 saturated carbocycles. The van der Waals surface area contributed by atoms with E-state index < -0.39 is 11.1 Å². The van der Waals surface area contributed by atoms with Crippen LogP contribution in [0.1, 0.15) is 5.56 Å². The lowest BCUT2D eigenvalue weighted by Crippen LogP contribution is -2.18. The zero-order valence-electron chi connectivity index (χ0n) is 11.2. The molecule has 2 aromatic carbocycles. The van der Waals surface area contributed by atoms with Gasteiger partial charge >= 0.3 is 0 Å². The normalized spacial score (nSPS) is 11.3. The van der Waals surface area contributed by atoms with Crippen molar-refractivity contribution in [3.8, 4) is 11.5 Å². The van der Waals surface area contributed by atoms with Crippen LogP contribution in [0.4, 0.5) is 5.69 Å². The van der Waals surface area contributed by atoms with E-state index in [9.17, 15) is 19.8 Å². The predicted molar refractivity (Wildman–Crippen MR) is 82.2 cm³/mol. The molecule has 1 aromatic heterocycles. The number of nitrogens with zero attached hydrogens (tertiary/aromatic N) is 1. The monoisotopic (exact) mass is 297 g/mol. The van der Waals surface area contributed by atoms with Gasteiger partial charge in [0.05, 0.1) is 16.5 Å². The topological polar surface area (TPSA) is 119 Å². The van der Waals surface area contributed by atoms with E-state index in [0.29, 0.717) is 5.56 Å². The summed E-state index contributed by atoms with van der Waals surface area (Å²) in [5, 5.41) is 24.0. The first-order valence-electron chi connectivity index (χ1n) is 6.36. The van der Waals surface area contributed by atoms with E-state index in [1.807, 2.05) is 0 Å². The number of phenolic OH excluding ortho intramolecular Hbond substituents is 2. The second-order valence-corrected chi connectivity index (χ2v) is 4.58. The van der Waals surface area contributed by atoms with Crippen molar-refractivity contribution in [3.63, 3.8) is 0 Å². The van der Waals surface area contributed by atoms with Crippen LogP contribution in [-0.2, 0) is 0 Å². The van der Waals surface area contributed by atoms with Gasteiger partial charge in [-0.05, 0) is 24.3 Å². The molecule has 0 aliphatic rings. The Bertz CT molecular complexity index is 1000. The summed E-state index contributed by atoms with van der Waals surface area (Å²) in [6.45, 7) is 0. The summed E-state index contributed by atoms with van der Waals surface area (Å²) in [7, 11) is 0. The number of rotatable bonds is 2. The minimum atomic E-state index is -0.470. The highest BCUT2D eigenvalue weighted by atomic mass is 16.3. The summed E-state index contributed by atoms with van der Waals surface area (Å²) in [4.78, 5) is 27.7. The average molecular weight is 297 g/mol. The van der Waals surface area contributed by atoms with Crippen molar-refractivity contribution >= 4 is 22.7 Å². The molecule has 1 heterocycles. The molecule has 0 fully saturated rings. The minimum Gasteiger partial charge on any atom is -0.504 e. The van der Waals surface area contributed by atoms with Crippen LogP contribution in [0.3, 0.4) is 0 Å². The van der Waals surface area contributed by atoms with Crippen molar-refractivity contribution in [2.24, 2.45) is 4.99 Å². The summed E-state index contributed by atoms with van der Waals surface area (Å²) in [5.74, 6) is -0.575. The van der Waals surface area contributed by atoms with Crippen molar-refractivity contribution in [1.82, 2.24) is 10.2 Å². The Balaban J connectivity index is 2.18. The van der Waals surface area contributed by atoms with Crippen molar-refractivity contribution in [3.05, 3.63) is 62.7 Å². The summed E-state index contributed by atoms with van der Waals surface area (Å²) in [6, 6.07) is 9.15. The number of hydrogen-bond donors (Lipinski definition) is 4. The van der Waals surface area contributed by atoms with Crippen LogP contribution in [0, 0.1) is 0 Å². The third-order valence-corrected chi connectivity index (χ3v) is 3.19. The fourth-order valence-electron chi connectivity index (χ4n) is 2.11. The molecule has 0 aliphatic heterocycles. The highest BCUT2D eigenvalue weighted by Crippen LogP contribution is 2.28. The largest absolute Gasteiger partial charge is 0.504 e. The van der Waals surface area contributed by atoms with Gasteiger partial charge in [0.15, 0.2) is 11.5 Å². The second kappa shape index (κ2) is 5.21. The van der Waals surface area contributed by atoms with Crippen LogP contribution in [0.25, 0.3) is 10.8 Å². The molecular weight excluding hydrogens is 286 g/mol. The van der Waals surface area contributed by atoms with Gasteiger partial charge < -0.3 is 10.2 Å². The fraction of sp³-hybridized carbons (Fsp3) is 0. The molecule has 7 nitrogen and oxygen atoms in total. The maximum absolute atomic E-state index is 11.9. The van der Waals surface area contributed by atoms with Gasteiger partial charge in [0, 0.05) is 11.8 Å². The molecule has 3 rings (SSSR count). The van der Waals surface area contributed by atoms with E-state index in [2.05, 4.69) is 15.2 Å². The van der Waals surface area contributed by atoms with E-state index in [1.165, 1.54) is 18.3 Å². The Kier molecular flexibility index (Phi) is 3.23. The summed E-state index contributed by atoms with van der Waals surface area (Å²) < 4.78 is 0. The summed E-state index contributed by atoms with van der Waals surface area (Å²) in [5.41, 5.74) is -0.319. The molecule has 0 amide bonds. The van der Waals surface area contributed by atoms with Crippen molar-refractivity contribution < 1.29 is 10.2 Å². The summed E-state index contributed by atoms with van der Waals surface area (Å²) in [6.07, 6.45) is 1.31. The van der Waals surface area contributed by atoms with Crippen LogP contribution < -0.4 is 11.1 Å². The van der Waals surface area contributed by atoms with Crippen LogP contribution in [-0.4, -0.2) is 26.6 Å². The molecule has 7 heteroatoms. The van der Waals surface area contributed by atoms with Crippen LogP contribution >= 0.6 is 0 Å². The van der Waals surface area contributed by atoms with Gasteiger partial charge in [-0.15, -0.1) is 0 Å². The number of fused-ring (bicyclic) bond motifs is 1. The number of phenols is 2. The predicted octanol–water partition coefficient (Wildman–Crippen LogP) is 1.38. The Hall–Kier alpha value is -3.35. The lowest BCUT2D eigenvalue weighted by Gasteiger charge is -2.02. The molecule has 0 unspecified atom stereocenters. The molecular formula is C15H11N3O4. The quantitative estimate of drug-likeness (QED) is 0.422. The van der Waals surface area contributed by atoms with Gasteiger partial charge in [-0.1, -0.05) is 12.1 Å². The first-order chi connectivity index (χ1) is 10.6. The molecule has 3 aromatic rings. The molecule has 0 spiro atoms. The van der Waals surface area contributed by atoms with Gasteiger partial charge in [-0.3, -0.25) is 24.8 Å². The van der Waals surface area contributed by atoms with Gasteiger partial charge in [0.25, 0.3) is 11.1 Å². The smallest absolute Gasteiger partial charge is 0.272 e.